The Morgan fingerprint density at radius 2 is 2.33 bits per heavy atom. The smallest absolute Gasteiger partial charge is 0.237 e. The van der Waals surface area contributed by atoms with Gasteiger partial charge in [0.05, 0.1) is 18.8 Å². The number of nitrogens with zero attached hydrogens (tertiary/aromatic N) is 1. The zero-order valence-corrected chi connectivity index (χ0v) is 14.0. The standard InChI is InChI=1S/C18H24N4O2/c1-13-16(12-21-22-13)14-5-4-6-15(11-14)24-10-9-20-18(23)17-7-2-3-8-19-17/h4-6,11-12,17,19H,2-3,7-10H2,1H3,(H,20,23)(H,21,22)/t17-/m0/s1. The molecule has 6 heteroatoms. The van der Waals surface area contributed by atoms with Gasteiger partial charge in [0.1, 0.15) is 12.4 Å². The fraction of sp³-hybridized carbons (Fsp3) is 0.444. The van der Waals surface area contributed by atoms with Crippen molar-refractivity contribution >= 4 is 5.91 Å². The topological polar surface area (TPSA) is 79.0 Å². The summed E-state index contributed by atoms with van der Waals surface area (Å²) in [6, 6.07) is 7.85. The van der Waals surface area contributed by atoms with Crippen LogP contribution in [0, 0.1) is 6.92 Å². The molecule has 0 spiro atoms. The SMILES string of the molecule is Cc1[nH]ncc1-c1cccc(OCCNC(=O)[C@@H]2CCCCN2)c1. The number of nitrogens with one attached hydrogen (secondary N) is 3. The van der Waals surface area contributed by atoms with Crippen molar-refractivity contribution in [2.45, 2.75) is 32.2 Å². The zero-order valence-electron chi connectivity index (χ0n) is 14.0. The van der Waals surface area contributed by atoms with Crippen LogP contribution in [-0.2, 0) is 4.79 Å². The molecular weight excluding hydrogens is 304 g/mol. The fourth-order valence-corrected chi connectivity index (χ4v) is 2.94. The van der Waals surface area contributed by atoms with E-state index in [1.165, 1.54) is 0 Å². The first-order valence-corrected chi connectivity index (χ1v) is 8.48. The van der Waals surface area contributed by atoms with E-state index >= 15 is 0 Å². The largest absolute Gasteiger partial charge is 0.492 e. The number of H-pyrrole nitrogens is 1. The summed E-state index contributed by atoms with van der Waals surface area (Å²) in [5, 5.41) is 13.2. The Kier molecular flexibility index (Phi) is 5.48. The molecule has 1 atom stereocenters. The Morgan fingerprint density at radius 1 is 1.42 bits per heavy atom. The van der Waals surface area contributed by atoms with Gasteiger partial charge >= 0.3 is 0 Å². The van der Waals surface area contributed by atoms with Crippen LogP contribution in [0.15, 0.2) is 30.5 Å². The Bertz CT molecular complexity index is 677. The predicted octanol–water partition coefficient (Wildman–Crippen LogP) is 2.02. The van der Waals surface area contributed by atoms with Gasteiger partial charge in [-0.25, -0.2) is 0 Å². The van der Waals surface area contributed by atoms with Crippen molar-refractivity contribution < 1.29 is 9.53 Å². The number of hydrogen-bond acceptors (Lipinski definition) is 4. The van der Waals surface area contributed by atoms with E-state index in [0.29, 0.717) is 13.2 Å². The molecular formula is C18H24N4O2. The Labute approximate surface area is 142 Å². The highest BCUT2D eigenvalue weighted by Crippen LogP contribution is 2.25. The molecule has 1 saturated heterocycles. The lowest BCUT2D eigenvalue weighted by Crippen LogP contribution is -2.47. The van der Waals surface area contributed by atoms with Gasteiger partial charge in [0.25, 0.3) is 0 Å². The van der Waals surface area contributed by atoms with Crippen LogP contribution >= 0.6 is 0 Å². The molecule has 6 nitrogen and oxygen atoms in total. The number of amides is 1. The van der Waals surface area contributed by atoms with E-state index < -0.39 is 0 Å². The van der Waals surface area contributed by atoms with Crippen LogP contribution in [0.25, 0.3) is 11.1 Å². The molecule has 1 amide bonds. The molecule has 128 valence electrons. The fourth-order valence-electron chi connectivity index (χ4n) is 2.94. The molecule has 1 aliphatic heterocycles. The highest BCUT2D eigenvalue weighted by Gasteiger charge is 2.19. The molecule has 1 aromatic heterocycles. The number of ether oxygens (including phenoxy) is 1. The summed E-state index contributed by atoms with van der Waals surface area (Å²) in [5.74, 6) is 0.860. The number of aromatic amines is 1. The molecule has 2 aromatic rings. The van der Waals surface area contributed by atoms with Gasteiger partial charge in [-0.1, -0.05) is 18.6 Å². The number of aryl methyl sites for hydroxylation is 1. The Morgan fingerprint density at radius 3 is 3.08 bits per heavy atom. The van der Waals surface area contributed by atoms with Gasteiger partial charge in [-0.2, -0.15) is 5.10 Å². The molecule has 0 radical (unpaired) electrons. The van der Waals surface area contributed by atoms with Crippen LogP contribution in [0.4, 0.5) is 0 Å². The summed E-state index contributed by atoms with van der Waals surface area (Å²) < 4.78 is 5.76. The first kappa shape index (κ1) is 16.5. The quantitative estimate of drug-likeness (QED) is 0.709. The van der Waals surface area contributed by atoms with Crippen LogP contribution in [0.2, 0.25) is 0 Å². The summed E-state index contributed by atoms with van der Waals surface area (Å²) in [4.78, 5) is 12.0. The number of carbonyl (C=O) groups is 1. The van der Waals surface area contributed by atoms with Crippen molar-refractivity contribution in [1.29, 1.82) is 0 Å². The van der Waals surface area contributed by atoms with Crippen molar-refractivity contribution in [3.8, 4) is 16.9 Å². The van der Waals surface area contributed by atoms with Crippen LogP contribution in [0.1, 0.15) is 25.0 Å². The Balaban J connectivity index is 1.47. The molecule has 3 N–H and O–H groups in total. The normalized spacial score (nSPS) is 17.5. The van der Waals surface area contributed by atoms with Gasteiger partial charge in [-0.3, -0.25) is 9.89 Å². The lowest BCUT2D eigenvalue weighted by atomic mass is 10.0. The number of hydrogen-bond donors (Lipinski definition) is 3. The number of rotatable bonds is 6. The van der Waals surface area contributed by atoms with Gasteiger partial charge < -0.3 is 15.4 Å². The third-order valence-electron chi connectivity index (χ3n) is 4.27. The van der Waals surface area contributed by atoms with Gasteiger partial charge in [0.15, 0.2) is 0 Å². The van der Waals surface area contributed by atoms with E-state index in [1.807, 2.05) is 37.4 Å². The minimum atomic E-state index is -0.0499. The van der Waals surface area contributed by atoms with Crippen molar-refractivity contribution in [2.75, 3.05) is 19.7 Å². The van der Waals surface area contributed by atoms with E-state index in [-0.39, 0.29) is 11.9 Å². The molecule has 24 heavy (non-hydrogen) atoms. The highest BCUT2D eigenvalue weighted by atomic mass is 16.5. The van der Waals surface area contributed by atoms with Crippen molar-refractivity contribution in [1.82, 2.24) is 20.8 Å². The monoisotopic (exact) mass is 328 g/mol. The van der Waals surface area contributed by atoms with E-state index in [9.17, 15) is 4.79 Å². The Hall–Kier alpha value is -2.34. The van der Waals surface area contributed by atoms with Crippen LogP contribution in [0.5, 0.6) is 5.75 Å². The molecule has 2 heterocycles. The molecule has 0 aliphatic carbocycles. The van der Waals surface area contributed by atoms with E-state index in [2.05, 4.69) is 20.8 Å². The van der Waals surface area contributed by atoms with Gasteiger partial charge in [0, 0.05) is 11.3 Å². The van der Waals surface area contributed by atoms with Gasteiger partial charge in [-0.05, 0) is 44.0 Å². The second-order valence-corrected chi connectivity index (χ2v) is 6.08. The first-order chi connectivity index (χ1) is 11.7. The number of aromatic nitrogens is 2. The third-order valence-corrected chi connectivity index (χ3v) is 4.27. The highest BCUT2D eigenvalue weighted by molar-refractivity contribution is 5.81. The first-order valence-electron chi connectivity index (χ1n) is 8.48. The summed E-state index contributed by atoms with van der Waals surface area (Å²) >= 11 is 0. The van der Waals surface area contributed by atoms with E-state index in [0.717, 1.165) is 48.4 Å². The third kappa shape index (κ3) is 4.14. The maximum absolute atomic E-state index is 12.0. The van der Waals surface area contributed by atoms with Crippen LogP contribution in [0.3, 0.4) is 0 Å². The maximum Gasteiger partial charge on any atom is 0.237 e. The molecule has 1 aliphatic rings. The maximum atomic E-state index is 12.0. The van der Waals surface area contributed by atoms with Gasteiger partial charge in [0.2, 0.25) is 5.91 Å². The van der Waals surface area contributed by atoms with Crippen LogP contribution in [-0.4, -0.2) is 41.8 Å². The molecule has 3 rings (SSSR count). The summed E-state index contributed by atoms with van der Waals surface area (Å²) in [6.45, 7) is 3.87. The lowest BCUT2D eigenvalue weighted by molar-refractivity contribution is -0.123. The zero-order chi connectivity index (χ0) is 16.8. The second-order valence-electron chi connectivity index (χ2n) is 6.08. The number of carbonyl (C=O) groups excluding carboxylic acids is 1. The average molecular weight is 328 g/mol. The molecule has 0 bridgehead atoms. The van der Waals surface area contributed by atoms with E-state index in [1.54, 1.807) is 0 Å². The van der Waals surface area contributed by atoms with Crippen molar-refractivity contribution in [2.24, 2.45) is 0 Å². The molecule has 1 aromatic carbocycles. The van der Waals surface area contributed by atoms with E-state index in [4.69, 9.17) is 4.74 Å². The number of benzene rings is 1. The van der Waals surface area contributed by atoms with Crippen LogP contribution < -0.4 is 15.4 Å². The minimum absolute atomic E-state index is 0.0499. The predicted molar refractivity (Wildman–Crippen MR) is 92.9 cm³/mol. The molecule has 0 saturated carbocycles. The lowest BCUT2D eigenvalue weighted by Gasteiger charge is -2.22. The minimum Gasteiger partial charge on any atom is -0.492 e. The van der Waals surface area contributed by atoms with Crippen molar-refractivity contribution in [3.63, 3.8) is 0 Å². The van der Waals surface area contributed by atoms with Gasteiger partial charge in [-0.15, -0.1) is 0 Å². The average Bonchev–Trinajstić information content (AvgIpc) is 3.05. The van der Waals surface area contributed by atoms with Crippen molar-refractivity contribution in [3.05, 3.63) is 36.2 Å². The summed E-state index contributed by atoms with van der Waals surface area (Å²) in [5.41, 5.74) is 3.16. The molecule has 0 unspecified atom stereocenters. The number of piperidine rings is 1. The summed E-state index contributed by atoms with van der Waals surface area (Å²) in [6.07, 6.45) is 4.99. The summed E-state index contributed by atoms with van der Waals surface area (Å²) in [7, 11) is 0. The molecule has 1 fully saturated rings. The second kappa shape index (κ2) is 7.97.